The monoisotopic (exact) mass is 198 g/mol. The molecule has 0 saturated carbocycles. The molecule has 0 aromatic carbocycles. The Balaban J connectivity index is 2.04. The van der Waals surface area contributed by atoms with Crippen LogP contribution in [0.3, 0.4) is 0 Å². The lowest BCUT2D eigenvalue weighted by molar-refractivity contribution is -0.143. The molecule has 0 amide bonds. The number of ether oxygens (including phenoxy) is 1. The van der Waals surface area contributed by atoms with E-state index in [1.54, 1.807) is 0 Å². The quantitative estimate of drug-likeness (QED) is 0.483. The average molecular weight is 198 g/mol. The number of carbonyl (C=O) groups excluding carboxylic acids is 1. The van der Waals surface area contributed by atoms with Gasteiger partial charge in [0.15, 0.2) is 0 Å². The first-order chi connectivity index (χ1) is 6.74. The van der Waals surface area contributed by atoms with Gasteiger partial charge in [-0.3, -0.25) is 4.79 Å². The molecule has 1 rings (SSSR count). The van der Waals surface area contributed by atoms with E-state index in [0.29, 0.717) is 0 Å². The minimum atomic E-state index is 0.0352. The molecule has 14 heavy (non-hydrogen) atoms. The average Bonchev–Trinajstić information content (AvgIpc) is 2.45. The molecule has 1 aliphatic rings. The first-order valence-electron chi connectivity index (χ1n) is 5.94. The second-order valence-corrected chi connectivity index (χ2v) is 4.38. The number of unbranched alkanes of at least 4 members (excludes halogenated alkanes) is 4. The summed E-state index contributed by atoms with van der Waals surface area (Å²) in [6, 6.07) is 0. The highest BCUT2D eigenvalue weighted by molar-refractivity contribution is 5.74. The van der Waals surface area contributed by atoms with Crippen LogP contribution in [0.5, 0.6) is 0 Å². The molecule has 2 heteroatoms. The zero-order valence-electron chi connectivity index (χ0n) is 9.42. The summed E-state index contributed by atoms with van der Waals surface area (Å²) >= 11 is 0. The van der Waals surface area contributed by atoms with Gasteiger partial charge in [0.2, 0.25) is 0 Å². The third-order valence-corrected chi connectivity index (χ3v) is 2.92. The summed E-state index contributed by atoms with van der Waals surface area (Å²) in [5.74, 6) is 0.236. The Kier molecular flexibility index (Phi) is 4.99. The van der Waals surface area contributed by atoms with Gasteiger partial charge in [0.1, 0.15) is 0 Å². The van der Waals surface area contributed by atoms with Gasteiger partial charge >= 0.3 is 5.97 Å². The maximum Gasteiger partial charge on any atom is 0.309 e. The van der Waals surface area contributed by atoms with Crippen LogP contribution in [0.25, 0.3) is 0 Å². The Morgan fingerprint density at radius 3 is 2.57 bits per heavy atom. The van der Waals surface area contributed by atoms with Crippen LogP contribution in [-0.4, -0.2) is 12.1 Å². The van der Waals surface area contributed by atoms with Gasteiger partial charge in [-0.05, 0) is 19.8 Å². The maximum absolute atomic E-state index is 11.3. The van der Waals surface area contributed by atoms with Crippen LogP contribution >= 0.6 is 0 Å². The highest BCUT2D eigenvalue weighted by atomic mass is 16.5. The lowest BCUT2D eigenvalue weighted by Gasteiger charge is -2.04. The Morgan fingerprint density at radius 2 is 2.00 bits per heavy atom. The molecule has 0 radical (unpaired) electrons. The molecular weight excluding hydrogens is 176 g/mol. The van der Waals surface area contributed by atoms with Crippen LogP contribution in [0.2, 0.25) is 0 Å². The van der Waals surface area contributed by atoms with Gasteiger partial charge in [0, 0.05) is 0 Å². The van der Waals surface area contributed by atoms with E-state index < -0.39 is 0 Å². The van der Waals surface area contributed by atoms with Gasteiger partial charge in [0.05, 0.1) is 12.0 Å². The van der Waals surface area contributed by atoms with Gasteiger partial charge in [-0.25, -0.2) is 0 Å². The molecule has 1 saturated heterocycles. The van der Waals surface area contributed by atoms with Crippen LogP contribution in [0.1, 0.15) is 58.8 Å². The second kappa shape index (κ2) is 6.05. The molecule has 1 heterocycles. The third-order valence-electron chi connectivity index (χ3n) is 2.92. The molecule has 0 aromatic heterocycles. The van der Waals surface area contributed by atoms with E-state index >= 15 is 0 Å². The molecule has 0 spiro atoms. The molecule has 82 valence electrons. The SMILES string of the molecule is CCCCCCCC1CC(C)OC1=O. The molecule has 1 aliphatic heterocycles. The van der Waals surface area contributed by atoms with Gasteiger partial charge in [0.25, 0.3) is 0 Å². The fourth-order valence-corrected chi connectivity index (χ4v) is 2.07. The molecule has 2 unspecified atom stereocenters. The fourth-order valence-electron chi connectivity index (χ4n) is 2.07. The van der Waals surface area contributed by atoms with Gasteiger partial charge in [-0.15, -0.1) is 0 Å². The van der Waals surface area contributed by atoms with E-state index in [2.05, 4.69) is 6.92 Å². The van der Waals surface area contributed by atoms with Gasteiger partial charge in [-0.2, -0.15) is 0 Å². The number of carbonyl (C=O) groups is 1. The van der Waals surface area contributed by atoms with E-state index in [1.165, 1.54) is 32.1 Å². The summed E-state index contributed by atoms with van der Waals surface area (Å²) in [6.45, 7) is 4.20. The minimum absolute atomic E-state index is 0.0352. The summed E-state index contributed by atoms with van der Waals surface area (Å²) in [6.07, 6.45) is 8.50. The Labute approximate surface area is 87.0 Å². The lowest BCUT2D eigenvalue weighted by atomic mass is 9.97. The number of esters is 1. The van der Waals surface area contributed by atoms with Crippen LogP contribution in [-0.2, 0) is 9.53 Å². The van der Waals surface area contributed by atoms with E-state index in [1.807, 2.05) is 6.92 Å². The molecule has 0 N–H and O–H groups in total. The number of rotatable bonds is 6. The van der Waals surface area contributed by atoms with Crippen molar-refractivity contribution in [3.8, 4) is 0 Å². The predicted octanol–water partition coefficient (Wildman–Crippen LogP) is 3.30. The van der Waals surface area contributed by atoms with E-state index in [9.17, 15) is 4.79 Å². The highest BCUT2D eigenvalue weighted by Crippen LogP contribution is 2.25. The zero-order chi connectivity index (χ0) is 10.4. The van der Waals surface area contributed by atoms with Crippen LogP contribution < -0.4 is 0 Å². The summed E-state index contributed by atoms with van der Waals surface area (Å²) in [7, 11) is 0. The van der Waals surface area contributed by atoms with Crippen molar-refractivity contribution in [2.24, 2.45) is 5.92 Å². The predicted molar refractivity (Wildman–Crippen MR) is 57.0 cm³/mol. The van der Waals surface area contributed by atoms with Gasteiger partial charge < -0.3 is 4.74 Å². The smallest absolute Gasteiger partial charge is 0.309 e. The molecular formula is C12H22O2. The maximum atomic E-state index is 11.3. The molecule has 0 aromatic rings. The second-order valence-electron chi connectivity index (χ2n) is 4.38. The zero-order valence-corrected chi connectivity index (χ0v) is 9.42. The van der Waals surface area contributed by atoms with E-state index in [0.717, 1.165) is 12.8 Å². The van der Waals surface area contributed by atoms with Crippen molar-refractivity contribution in [1.82, 2.24) is 0 Å². The largest absolute Gasteiger partial charge is 0.462 e. The van der Waals surface area contributed by atoms with E-state index in [-0.39, 0.29) is 18.0 Å². The van der Waals surface area contributed by atoms with Crippen molar-refractivity contribution in [1.29, 1.82) is 0 Å². The van der Waals surface area contributed by atoms with Crippen molar-refractivity contribution in [3.63, 3.8) is 0 Å². The third kappa shape index (κ3) is 3.69. The number of cyclic esters (lactones) is 1. The molecule has 2 atom stereocenters. The summed E-state index contributed by atoms with van der Waals surface area (Å²) < 4.78 is 5.11. The molecule has 0 aliphatic carbocycles. The first-order valence-corrected chi connectivity index (χ1v) is 5.94. The first kappa shape index (κ1) is 11.5. The standard InChI is InChI=1S/C12H22O2/c1-3-4-5-6-7-8-11-9-10(2)14-12(11)13/h10-11H,3-9H2,1-2H3. The van der Waals surface area contributed by atoms with Crippen molar-refractivity contribution in [2.45, 2.75) is 64.9 Å². The summed E-state index contributed by atoms with van der Waals surface area (Å²) in [5.41, 5.74) is 0. The normalized spacial score (nSPS) is 26.6. The van der Waals surface area contributed by atoms with Crippen molar-refractivity contribution in [3.05, 3.63) is 0 Å². The minimum Gasteiger partial charge on any atom is -0.462 e. The number of hydrogen-bond donors (Lipinski definition) is 0. The van der Waals surface area contributed by atoms with Crippen LogP contribution in [0, 0.1) is 5.92 Å². The van der Waals surface area contributed by atoms with Crippen LogP contribution in [0.4, 0.5) is 0 Å². The van der Waals surface area contributed by atoms with Crippen molar-refractivity contribution >= 4 is 5.97 Å². The summed E-state index contributed by atoms with van der Waals surface area (Å²) in [4.78, 5) is 11.3. The Morgan fingerprint density at radius 1 is 1.29 bits per heavy atom. The fraction of sp³-hybridized carbons (Fsp3) is 0.917. The topological polar surface area (TPSA) is 26.3 Å². The van der Waals surface area contributed by atoms with Crippen LogP contribution in [0.15, 0.2) is 0 Å². The van der Waals surface area contributed by atoms with Crippen molar-refractivity contribution < 1.29 is 9.53 Å². The van der Waals surface area contributed by atoms with E-state index in [4.69, 9.17) is 4.74 Å². The summed E-state index contributed by atoms with van der Waals surface area (Å²) in [5, 5.41) is 0. The molecule has 0 bridgehead atoms. The molecule has 2 nitrogen and oxygen atoms in total. The Bertz CT molecular complexity index is 177. The Hall–Kier alpha value is -0.530. The van der Waals surface area contributed by atoms with Crippen molar-refractivity contribution in [2.75, 3.05) is 0 Å². The van der Waals surface area contributed by atoms with Gasteiger partial charge in [-0.1, -0.05) is 39.0 Å². The number of hydrogen-bond acceptors (Lipinski definition) is 2. The lowest BCUT2D eigenvalue weighted by Crippen LogP contribution is -2.07. The molecule has 1 fully saturated rings. The highest BCUT2D eigenvalue weighted by Gasteiger charge is 2.30.